The molecule has 1 aromatic heterocycles. The van der Waals surface area contributed by atoms with Crippen LogP contribution in [0.3, 0.4) is 0 Å². The fourth-order valence-corrected chi connectivity index (χ4v) is 1.11. The lowest BCUT2D eigenvalue weighted by molar-refractivity contribution is -0.138. The summed E-state index contributed by atoms with van der Waals surface area (Å²) in [6.45, 7) is 0. The molecule has 1 heterocycles. The van der Waals surface area contributed by atoms with Crippen LogP contribution in [0.2, 0.25) is 0 Å². The molecule has 0 aliphatic rings. The Bertz CT molecular complexity index is 477. The number of carbonyl (C=O) groups is 2. The number of carboxylic acids is 2. The van der Waals surface area contributed by atoms with Crippen LogP contribution < -0.4 is 11.4 Å². The Morgan fingerprint density at radius 3 is 2.50 bits per heavy atom. The van der Waals surface area contributed by atoms with Gasteiger partial charge in [0, 0.05) is 18.1 Å². The summed E-state index contributed by atoms with van der Waals surface area (Å²) in [5, 5.41) is 17.3. The first kappa shape index (κ1) is 11.9. The molecule has 1 unspecified atom stereocenters. The molecule has 0 aliphatic heterocycles. The van der Waals surface area contributed by atoms with Gasteiger partial charge in [0.05, 0.1) is 0 Å². The Hall–Kier alpha value is -2.15. The van der Waals surface area contributed by atoms with E-state index in [0.717, 1.165) is 6.07 Å². The zero-order valence-corrected chi connectivity index (χ0v) is 8.04. The first-order valence-corrected chi connectivity index (χ1v) is 4.26. The molecule has 1 aromatic rings. The van der Waals surface area contributed by atoms with Gasteiger partial charge in [0.2, 0.25) is 5.76 Å². The highest BCUT2D eigenvalue weighted by atomic mass is 16.4. The summed E-state index contributed by atoms with van der Waals surface area (Å²) in [6.07, 6.45) is -0.221. The first-order chi connectivity index (χ1) is 7.41. The van der Waals surface area contributed by atoms with Crippen LogP contribution in [0.1, 0.15) is 16.1 Å². The second-order valence-electron chi connectivity index (χ2n) is 3.06. The van der Waals surface area contributed by atoms with Crippen molar-refractivity contribution in [2.24, 2.45) is 5.73 Å². The van der Waals surface area contributed by atoms with Crippen molar-refractivity contribution in [3.05, 3.63) is 33.9 Å². The minimum Gasteiger partial charge on any atom is -0.480 e. The summed E-state index contributed by atoms with van der Waals surface area (Å²) in [5.41, 5.74) is 4.50. The lowest BCUT2D eigenvalue weighted by Gasteiger charge is -2.07. The van der Waals surface area contributed by atoms with E-state index in [9.17, 15) is 14.4 Å². The molecule has 0 saturated carbocycles. The smallest absolute Gasteiger partial charge is 0.372 e. The largest absolute Gasteiger partial charge is 0.480 e. The van der Waals surface area contributed by atoms with Gasteiger partial charge in [0.25, 0.3) is 0 Å². The minimum absolute atomic E-state index is 0.0713. The predicted octanol–water partition coefficient (Wildman–Crippen LogP) is -0.708. The maximum absolute atomic E-state index is 10.8. The Morgan fingerprint density at radius 1 is 1.38 bits per heavy atom. The maximum Gasteiger partial charge on any atom is 0.372 e. The van der Waals surface area contributed by atoms with Gasteiger partial charge < -0.3 is 20.4 Å². The zero-order chi connectivity index (χ0) is 12.3. The Labute approximate surface area is 89.1 Å². The lowest BCUT2D eigenvalue weighted by atomic mass is 10.1. The van der Waals surface area contributed by atoms with Gasteiger partial charge >= 0.3 is 17.6 Å². The lowest BCUT2D eigenvalue weighted by Crippen LogP contribution is -2.33. The molecule has 0 amide bonds. The number of hydrogen-bond acceptors (Lipinski definition) is 5. The summed E-state index contributed by atoms with van der Waals surface area (Å²) in [5.74, 6) is -3.28. The average Bonchev–Trinajstić information content (AvgIpc) is 2.20. The van der Waals surface area contributed by atoms with Crippen molar-refractivity contribution in [3.8, 4) is 0 Å². The van der Waals surface area contributed by atoms with Gasteiger partial charge in [0.1, 0.15) is 6.04 Å². The first-order valence-electron chi connectivity index (χ1n) is 4.26. The SMILES string of the molecule is NC(Cc1ccc(=O)oc1C(=O)O)C(=O)O. The maximum atomic E-state index is 10.8. The van der Waals surface area contributed by atoms with Crippen LogP contribution in [0.15, 0.2) is 21.3 Å². The molecular weight excluding hydrogens is 218 g/mol. The molecule has 7 nitrogen and oxygen atoms in total. The van der Waals surface area contributed by atoms with Crippen molar-refractivity contribution in [1.29, 1.82) is 0 Å². The third-order valence-corrected chi connectivity index (χ3v) is 1.87. The van der Waals surface area contributed by atoms with Crippen molar-refractivity contribution < 1.29 is 24.2 Å². The summed E-state index contributed by atoms with van der Waals surface area (Å²) in [4.78, 5) is 32.0. The van der Waals surface area contributed by atoms with Crippen LogP contribution in [0.25, 0.3) is 0 Å². The second kappa shape index (κ2) is 4.58. The topological polar surface area (TPSA) is 131 Å². The second-order valence-corrected chi connectivity index (χ2v) is 3.06. The van der Waals surface area contributed by atoms with Crippen molar-refractivity contribution in [2.75, 3.05) is 0 Å². The molecule has 0 aliphatic carbocycles. The van der Waals surface area contributed by atoms with Gasteiger partial charge in [-0.2, -0.15) is 0 Å². The van der Waals surface area contributed by atoms with Crippen molar-refractivity contribution >= 4 is 11.9 Å². The van der Waals surface area contributed by atoms with E-state index in [1.165, 1.54) is 6.07 Å². The van der Waals surface area contributed by atoms with Crippen molar-refractivity contribution in [1.82, 2.24) is 0 Å². The summed E-state index contributed by atoms with van der Waals surface area (Å²) in [6, 6.07) is 0.958. The van der Waals surface area contributed by atoms with Gasteiger partial charge in [-0.25, -0.2) is 9.59 Å². The third-order valence-electron chi connectivity index (χ3n) is 1.87. The number of aromatic carboxylic acids is 1. The molecule has 7 heteroatoms. The van der Waals surface area contributed by atoms with E-state index in [0.29, 0.717) is 0 Å². The summed E-state index contributed by atoms with van der Waals surface area (Å²) < 4.78 is 4.45. The highest BCUT2D eigenvalue weighted by Crippen LogP contribution is 2.08. The Kier molecular flexibility index (Phi) is 3.41. The molecule has 1 rings (SSSR count). The molecular formula is C9H9NO6. The van der Waals surface area contributed by atoms with Crippen molar-refractivity contribution in [3.63, 3.8) is 0 Å². The molecule has 0 radical (unpaired) electrons. The fourth-order valence-electron chi connectivity index (χ4n) is 1.11. The van der Waals surface area contributed by atoms with Gasteiger partial charge in [0.15, 0.2) is 0 Å². The van der Waals surface area contributed by atoms with Crippen LogP contribution >= 0.6 is 0 Å². The normalized spacial score (nSPS) is 12.1. The van der Waals surface area contributed by atoms with E-state index in [1.807, 2.05) is 0 Å². The van der Waals surface area contributed by atoms with Crippen molar-refractivity contribution in [2.45, 2.75) is 12.5 Å². The Balaban J connectivity index is 3.09. The molecule has 0 bridgehead atoms. The number of nitrogens with two attached hydrogens (primary N) is 1. The molecule has 0 fully saturated rings. The predicted molar refractivity (Wildman–Crippen MR) is 51.3 cm³/mol. The molecule has 0 aromatic carbocycles. The zero-order valence-electron chi connectivity index (χ0n) is 8.04. The number of aliphatic carboxylic acids is 1. The van der Waals surface area contributed by atoms with E-state index in [2.05, 4.69) is 4.42 Å². The molecule has 86 valence electrons. The summed E-state index contributed by atoms with van der Waals surface area (Å²) in [7, 11) is 0. The molecule has 4 N–H and O–H groups in total. The fraction of sp³-hybridized carbons (Fsp3) is 0.222. The van der Waals surface area contributed by atoms with Crippen LogP contribution in [0, 0.1) is 0 Å². The molecule has 16 heavy (non-hydrogen) atoms. The van der Waals surface area contributed by atoms with Gasteiger partial charge in [-0.3, -0.25) is 4.79 Å². The Morgan fingerprint density at radius 2 is 2.00 bits per heavy atom. The average molecular weight is 227 g/mol. The van der Waals surface area contributed by atoms with E-state index in [-0.39, 0.29) is 12.0 Å². The molecule has 0 spiro atoms. The van der Waals surface area contributed by atoms with Crippen LogP contribution in [0.4, 0.5) is 0 Å². The van der Waals surface area contributed by atoms with E-state index < -0.39 is 29.4 Å². The number of rotatable bonds is 4. The monoisotopic (exact) mass is 227 g/mol. The minimum atomic E-state index is -1.44. The quantitative estimate of drug-likeness (QED) is 0.619. The standard InChI is InChI=1S/C9H9NO6/c10-5(8(12)13)3-4-1-2-6(11)16-7(4)9(14)15/h1-2,5H,3,10H2,(H,12,13)(H,14,15). The van der Waals surface area contributed by atoms with E-state index in [1.54, 1.807) is 0 Å². The van der Waals surface area contributed by atoms with Gasteiger partial charge in [-0.1, -0.05) is 0 Å². The van der Waals surface area contributed by atoms with Gasteiger partial charge in [-0.15, -0.1) is 0 Å². The highest BCUT2D eigenvalue weighted by molar-refractivity contribution is 5.86. The van der Waals surface area contributed by atoms with Gasteiger partial charge in [-0.05, 0) is 6.07 Å². The summed E-state index contributed by atoms with van der Waals surface area (Å²) >= 11 is 0. The van der Waals surface area contributed by atoms with E-state index >= 15 is 0 Å². The number of carboxylic acid groups (broad SMARTS) is 2. The van der Waals surface area contributed by atoms with Crippen LogP contribution in [-0.2, 0) is 11.2 Å². The number of hydrogen-bond donors (Lipinski definition) is 3. The third kappa shape index (κ3) is 2.67. The van der Waals surface area contributed by atoms with Crippen LogP contribution in [0.5, 0.6) is 0 Å². The molecule has 1 atom stereocenters. The molecule has 0 saturated heterocycles. The van der Waals surface area contributed by atoms with E-state index in [4.69, 9.17) is 15.9 Å². The van der Waals surface area contributed by atoms with Crippen LogP contribution in [-0.4, -0.2) is 28.2 Å². The highest BCUT2D eigenvalue weighted by Gasteiger charge is 2.19.